The molecule has 1 aliphatic rings. The van der Waals surface area contributed by atoms with Crippen molar-refractivity contribution in [2.75, 3.05) is 20.7 Å². The molecule has 0 radical (unpaired) electrons. The molecule has 0 unspecified atom stereocenters. The molecule has 1 aliphatic carbocycles. The minimum Gasteiger partial charge on any atom is -0.491 e. The van der Waals surface area contributed by atoms with Crippen LogP contribution in [0.15, 0.2) is 12.1 Å². The van der Waals surface area contributed by atoms with Gasteiger partial charge in [-0.25, -0.2) is 8.78 Å². The average molecular weight is 326 g/mol. The summed E-state index contributed by atoms with van der Waals surface area (Å²) >= 11 is 0. The predicted octanol–water partition coefficient (Wildman–Crippen LogP) is 4.47. The molecule has 1 heterocycles. The van der Waals surface area contributed by atoms with Crippen molar-refractivity contribution in [2.45, 2.75) is 57.9 Å². The highest BCUT2D eigenvalue weighted by atomic mass is 19.3. The zero-order chi connectivity index (χ0) is 17.0. The lowest BCUT2D eigenvalue weighted by Crippen LogP contribution is -2.27. The monoisotopic (exact) mass is 326 g/mol. The van der Waals surface area contributed by atoms with Gasteiger partial charge in [0.25, 0.3) is 0 Å². The van der Waals surface area contributed by atoms with Crippen LogP contribution in [0, 0.1) is 5.92 Å². The van der Waals surface area contributed by atoms with E-state index in [1.54, 1.807) is 0 Å². The van der Waals surface area contributed by atoms with Gasteiger partial charge in [0, 0.05) is 25.1 Å². The zero-order valence-corrected chi connectivity index (χ0v) is 14.6. The molecule has 0 amide bonds. The fraction of sp³-hybridized carbons (Fsp3) is 0.722. The molecule has 1 fully saturated rings. The van der Waals surface area contributed by atoms with E-state index in [9.17, 15) is 8.78 Å². The Bertz CT molecular complexity index is 508. The van der Waals surface area contributed by atoms with Crippen LogP contribution in [-0.2, 0) is 6.54 Å². The van der Waals surface area contributed by atoms with Crippen LogP contribution in [0.3, 0.4) is 0 Å². The van der Waals surface area contributed by atoms with Gasteiger partial charge in [-0.15, -0.1) is 0 Å². The van der Waals surface area contributed by atoms with Crippen molar-refractivity contribution in [3.8, 4) is 5.75 Å². The summed E-state index contributed by atoms with van der Waals surface area (Å²) in [6.45, 7) is 5.44. The third kappa shape index (κ3) is 5.41. The number of hydrogen-bond acceptors (Lipinski definition) is 3. The molecule has 1 aromatic rings. The second-order valence-corrected chi connectivity index (χ2v) is 7.18. The largest absolute Gasteiger partial charge is 0.491 e. The molecule has 23 heavy (non-hydrogen) atoms. The Hall–Kier alpha value is -1.23. The van der Waals surface area contributed by atoms with Gasteiger partial charge in [0.1, 0.15) is 5.75 Å². The maximum atomic E-state index is 13.2. The van der Waals surface area contributed by atoms with E-state index in [2.05, 4.69) is 18.7 Å². The first-order chi connectivity index (χ1) is 10.8. The standard InChI is InChI=1S/C18H28F2N2O/c1-13(2)15-5-6-17(16(21-15)11-22(3)4)23-12-14-7-9-18(19,20)10-8-14/h5-6,13-14H,7-12H2,1-4H3. The van der Waals surface area contributed by atoms with E-state index in [0.29, 0.717) is 31.9 Å². The number of halogens is 2. The highest BCUT2D eigenvalue weighted by Gasteiger charge is 2.35. The van der Waals surface area contributed by atoms with Gasteiger partial charge in [0.15, 0.2) is 0 Å². The van der Waals surface area contributed by atoms with Crippen molar-refractivity contribution in [1.29, 1.82) is 0 Å². The molecular weight excluding hydrogens is 298 g/mol. The molecule has 3 nitrogen and oxygen atoms in total. The van der Waals surface area contributed by atoms with Crippen molar-refractivity contribution in [1.82, 2.24) is 9.88 Å². The van der Waals surface area contributed by atoms with Crippen LogP contribution in [0.1, 0.15) is 56.8 Å². The highest BCUT2D eigenvalue weighted by molar-refractivity contribution is 5.30. The van der Waals surface area contributed by atoms with Gasteiger partial charge in [-0.05, 0) is 50.9 Å². The first kappa shape index (κ1) is 18.1. The first-order valence-corrected chi connectivity index (χ1v) is 8.42. The Morgan fingerprint density at radius 1 is 1.26 bits per heavy atom. The predicted molar refractivity (Wildman–Crippen MR) is 88.1 cm³/mol. The van der Waals surface area contributed by atoms with E-state index >= 15 is 0 Å². The Morgan fingerprint density at radius 2 is 1.91 bits per heavy atom. The van der Waals surface area contributed by atoms with Crippen LogP contribution in [0.4, 0.5) is 8.78 Å². The molecule has 0 aromatic carbocycles. The van der Waals surface area contributed by atoms with Crippen LogP contribution in [0.5, 0.6) is 5.75 Å². The lowest BCUT2D eigenvalue weighted by Gasteiger charge is -2.28. The summed E-state index contributed by atoms with van der Waals surface area (Å²) in [5.41, 5.74) is 1.97. The number of hydrogen-bond donors (Lipinski definition) is 0. The molecule has 0 spiro atoms. The molecule has 1 aromatic heterocycles. The minimum atomic E-state index is -2.48. The lowest BCUT2D eigenvalue weighted by molar-refractivity contribution is -0.0499. The molecule has 0 N–H and O–H groups in total. The van der Waals surface area contributed by atoms with Gasteiger partial charge >= 0.3 is 0 Å². The summed E-state index contributed by atoms with van der Waals surface area (Å²) < 4.78 is 32.4. The smallest absolute Gasteiger partial charge is 0.248 e. The molecular formula is C18H28F2N2O. The Balaban J connectivity index is 2.01. The zero-order valence-electron chi connectivity index (χ0n) is 14.6. The average Bonchev–Trinajstić information content (AvgIpc) is 2.46. The summed E-state index contributed by atoms with van der Waals surface area (Å²) in [5, 5.41) is 0. The topological polar surface area (TPSA) is 25.4 Å². The SMILES string of the molecule is CC(C)c1ccc(OCC2CCC(F)(F)CC2)c(CN(C)C)n1. The molecule has 0 saturated heterocycles. The number of alkyl halides is 2. The van der Waals surface area contributed by atoms with Crippen LogP contribution < -0.4 is 4.74 Å². The van der Waals surface area contributed by atoms with Crippen molar-refractivity contribution in [2.24, 2.45) is 5.92 Å². The fourth-order valence-corrected chi connectivity index (χ4v) is 2.85. The second-order valence-electron chi connectivity index (χ2n) is 7.18. The summed E-state index contributed by atoms with van der Waals surface area (Å²) in [7, 11) is 3.99. The van der Waals surface area contributed by atoms with Gasteiger partial charge in [-0.1, -0.05) is 13.8 Å². The maximum absolute atomic E-state index is 13.2. The van der Waals surface area contributed by atoms with Crippen molar-refractivity contribution < 1.29 is 13.5 Å². The number of rotatable bonds is 6. The highest BCUT2D eigenvalue weighted by Crippen LogP contribution is 2.36. The first-order valence-electron chi connectivity index (χ1n) is 8.42. The summed E-state index contributed by atoms with van der Waals surface area (Å²) in [6, 6.07) is 3.97. The number of nitrogens with zero attached hydrogens (tertiary/aromatic N) is 2. The maximum Gasteiger partial charge on any atom is 0.248 e. The van der Waals surface area contributed by atoms with E-state index in [4.69, 9.17) is 9.72 Å². The van der Waals surface area contributed by atoms with Crippen molar-refractivity contribution >= 4 is 0 Å². The number of ether oxygens (including phenoxy) is 1. The summed E-state index contributed by atoms with van der Waals surface area (Å²) in [4.78, 5) is 6.77. The van der Waals surface area contributed by atoms with Crippen molar-refractivity contribution in [3.05, 3.63) is 23.5 Å². The van der Waals surface area contributed by atoms with Crippen molar-refractivity contribution in [3.63, 3.8) is 0 Å². The Kier molecular flexibility index (Phi) is 5.95. The Labute approximate surface area is 138 Å². The van der Waals surface area contributed by atoms with E-state index in [1.165, 1.54) is 0 Å². The van der Waals surface area contributed by atoms with E-state index in [0.717, 1.165) is 17.1 Å². The third-order valence-electron chi connectivity index (χ3n) is 4.32. The molecule has 5 heteroatoms. The molecule has 1 saturated carbocycles. The molecule has 0 atom stereocenters. The summed E-state index contributed by atoms with van der Waals surface area (Å²) in [6.07, 6.45) is 1.03. The summed E-state index contributed by atoms with van der Waals surface area (Å²) in [5.74, 6) is -1.12. The van der Waals surface area contributed by atoms with Crippen LogP contribution in [0.2, 0.25) is 0 Å². The second kappa shape index (κ2) is 7.56. The molecule has 2 rings (SSSR count). The van der Waals surface area contributed by atoms with E-state index in [-0.39, 0.29) is 18.8 Å². The van der Waals surface area contributed by atoms with E-state index in [1.807, 2.05) is 26.2 Å². The number of pyridine rings is 1. The van der Waals surface area contributed by atoms with Gasteiger partial charge in [-0.3, -0.25) is 4.98 Å². The van der Waals surface area contributed by atoms with Gasteiger partial charge in [0.05, 0.1) is 12.3 Å². The molecule has 130 valence electrons. The van der Waals surface area contributed by atoms with Gasteiger partial charge in [0.2, 0.25) is 5.92 Å². The lowest BCUT2D eigenvalue weighted by atomic mass is 9.87. The van der Waals surface area contributed by atoms with Gasteiger partial charge in [-0.2, -0.15) is 0 Å². The minimum absolute atomic E-state index is 0.0177. The third-order valence-corrected chi connectivity index (χ3v) is 4.32. The Morgan fingerprint density at radius 3 is 2.48 bits per heavy atom. The van der Waals surface area contributed by atoms with Crippen LogP contribution >= 0.6 is 0 Å². The molecule has 0 aliphatic heterocycles. The van der Waals surface area contributed by atoms with Gasteiger partial charge < -0.3 is 9.64 Å². The fourth-order valence-electron chi connectivity index (χ4n) is 2.85. The molecule has 0 bridgehead atoms. The van der Waals surface area contributed by atoms with E-state index < -0.39 is 5.92 Å². The number of aromatic nitrogens is 1. The normalized spacial score (nSPS) is 18.6. The van der Waals surface area contributed by atoms with Crippen LogP contribution in [-0.4, -0.2) is 36.5 Å². The van der Waals surface area contributed by atoms with Crippen LogP contribution in [0.25, 0.3) is 0 Å². The quantitative estimate of drug-likeness (QED) is 0.771.